The lowest BCUT2D eigenvalue weighted by atomic mass is 10.2. The lowest BCUT2D eigenvalue weighted by Gasteiger charge is -2.05. The van der Waals surface area contributed by atoms with E-state index in [9.17, 15) is 9.90 Å². The van der Waals surface area contributed by atoms with Crippen molar-refractivity contribution in [3.63, 3.8) is 0 Å². The highest BCUT2D eigenvalue weighted by atomic mass is 79.9. The summed E-state index contributed by atoms with van der Waals surface area (Å²) in [4.78, 5) is 11.5. The number of nitrogens with one attached hydrogen (secondary N) is 1. The number of phenolic OH excluding ortho intramolecular Hbond substituents is 1. The van der Waals surface area contributed by atoms with E-state index in [-0.39, 0.29) is 12.4 Å². The van der Waals surface area contributed by atoms with Crippen LogP contribution >= 0.6 is 15.9 Å². The third kappa shape index (κ3) is 6.16. The van der Waals surface area contributed by atoms with E-state index in [1.54, 1.807) is 6.07 Å². The molecule has 0 saturated carbocycles. The van der Waals surface area contributed by atoms with E-state index in [0.29, 0.717) is 17.4 Å². The van der Waals surface area contributed by atoms with Gasteiger partial charge in [0, 0.05) is 6.54 Å². The molecule has 0 bridgehead atoms. The number of amides is 1. The molecule has 2 N–H and O–H groups in total. The smallest absolute Gasteiger partial charge is 0.407 e. The van der Waals surface area contributed by atoms with Crippen molar-refractivity contribution in [3.05, 3.63) is 70.2 Å². The summed E-state index contributed by atoms with van der Waals surface area (Å²) in [5, 5.41) is 12.1. The zero-order valence-electron chi connectivity index (χ0n) is 12.5. The minimum absolute atomic E-state index is 0.213. The Morgan fingerprint density at radius 3 is 2.74 bits per heavy atom. The van der Waals surface area contributed by atoms with Crippen LogP contribution in [0, 0.1) is 0 Å². The predicted octanol–water partition coefficient (Wildman–Crippen LogP) is 4.48. The molecule has 0 unspecified atom stereocenters. The Balaban J connectivity index is 1.65. The number of alkyl carbamates (subject to hydrolysis) is 1. The predicted molar refractivity (Wildman–Crippen MR) is 94.1 cm³/mol. The molecule has 0 heterocycles. The average Bonchev–Trinajstić information content (AvgIpc) is 2.57. The van der Waals surface area contributed by atoms with Gasteiger partial charge < -0.3 is 15.2 Å². The molecule has 0 saturated heterocycles. The number of carbonyl (C=O) groups is 1. The highest BCUT2D eigenvalue weighted by Crippen LogP contribution is 2.24. The van der Waals surface area contributed by atoms with Crippen LogP contribution in [-0.2, 0) is 11.3 Å². The minimum Gasteiger partial charge on any atom is -0.507 e. The maximum Gasteiger partial charge on any atom is 0.407 e. The summed E-state index contributed by atoms with van der Waals surface area (Å²) in [7, 11) is 0. The molecule has 23 heavy (non-hydrogen) atoms. The fourth-order valence-electron chi connectivity index (χ4n) is 1.88. The Labute approximate surface area is 143 Å². The largest absolute Gasteiger partial charge is 0.507 e. The van der Waals surface area contributed by atoms with Gasteiger partial charge in [0.05, 0.1) is 4.47 Å². The molecule has 2 aromatic carbocycles. The number of ether oxygens (including phenoxy) is 1. The summed E-state index contributed by atoms with van der Waals surface area (Å²) in [6.45, 7) is 0.771. The van der Waals surface area contributed by atoms with Crippen LogP contribution in [0.25, 0.3) is 6.08 Å². The summed E-state index contributed by atoms with van der Waals surface area (Å²) < 4.78 is 5.77. The van der Waals surface area contributed by atoms with Crippen molar-refractivity contribution in [2.45, 2.75) is 13.0 Å². The van der Waals surface area contributed by atoms with Crippen LogP contribution in [0.3, 0.4) is 0 Å². The molecule has 0 aliphatic rings. The van der Waals surface area contributed by atoms with Crippen LogP contribution in [0.15, 0.2) is 59.1 Å². The Kier molecular flexibility index (Phi) is 6.69. The molecule has 0 radical (unpaired) electrons. The SMILES string of the molecule is O=C(NCCC=Cc1ccc(O)c(Br)c1)OCc1ccccc1. The number of phenols is 1. The second-order valence-electron chi connectivity index (χ2n) is 4.89. The highest BCUT2D eigenvalue weighted by molar-refractivity contribution is 9.10. The Hall–Kier alpha value is -2.27. The summed E-state index contributed by atoms with van der Waals surface area (Å²) >= 11 is 3.27. The van der Waals surface area contributed by atoms with Crippen molar-refractivity contribution in [3.8, 4) is 5.75 Å². The van der Waals surface area contributed by atoms with E-state index in [1.807, 2.05) is 54.6 Å². The first-order valence-corrected chi connectivity index (χ1v) is 8.04. The molecule has 5 heteroatoms. The highest BCUT2D eigenvalue weighted by Gasteiger charge is 2.01. The fraction of sp³-hybridized carbons (Fsp3) is 0.167. The Morgan fingerprint density at radius 1 is 1.22 bits per heavy atom. The van der Waals surface area contributed by atoms with Gasteiger partial charge in [0.2, 0.25) is 0 Å². The lowest BCUT2D eigenvalue weighted by molar-refractivity contribution is 0.140. The molecule has 120 valence electrons. The van der Waals surface area contributed by atoms with Gasteiger partial charge in [0.15, 0.2) is 0 Å². The summed E-state index contributed by atoms with van der Waals surface area (Å²) in [6.07, 6.45) is 4.16. The number of benzene rings is 2. The molecule has 0 aliphatic heterocycles. The molecule has 0 aliphatic carbocycles. The monoisotopic (exact) mass is 375 g/mol. The molecular weight excluding hydrogens is 358 g/mol. The number of halogens is 1. The van der Waals surface area contributed by atoms with Gasteiger partial charge in [0.1, 0.15) is 12.4 Å². The molecule has 0 spiro atoms. The standard InChI is InChI=1S/C18H18BrNO3/c19-16-12-14(9-10-17(16)21)6-4-5-11-20-18(22)23-13-15-7-2-1-3-8-15/h1-4,6-10,12,21H,5,11,13H2,(H,20,22). The summed E-state index contributed by atoms with van der Waals surface area (Å²) in [6, 6.07) is 14.8. The minimum atomic E-state index is -0.422. The fourth-order valence-corrected chi connectivity index (χ4v) is 2.27. The van der Waals surface area contributed by atoms with Crippen LogP contribution in [0.2, 0.25) is 0 Å². The molecule has 4 nitrogen and oxygen atoms in total. The van der Waals surface area contributed by atoms with E-state index in [1.165, 1.54) is 0 Å². The van der Waals surface area contributed by atoms with Gasteiger partial charge in [-0.25, -0.2) is 4.79 Å². The van der Waals surface area contributed by atoms with Crippen LogP contribution in [0.5, 0.6) is 5.75 Å². The van der Waals surface area contributed by atoms with E-state index in [0.717, 1.165) is 11.1 Å². The number of aromatic hydroxyl groups is 1. The van der Waals surface area contributed by atoms with Gasteiger partial charge in [-0.2, -0.15) is 0 Å². The lowest BCUT2D eigenvalue weighted by Crippen LogP contribution is -2.24. The number of rotatable bonds is 6. The van der Waals surface area contributed by atoms with Crippen molar-refractivity contribution in [2.75, 3.05) is 6.54 Å². The van der Waals surface area contributed by atoms with Crippen LogP contribution in [-0.4, -0.2) is 17.7 Å². The maximum absolute atomic E-state index is 11.5. The van der Waals surface area contributed by atoms with Crippen LogP contribution in [0.4, 0.5) is 4.79 Å². The van der Waals surface area contributed by atoms with E-state index in [2.05, 4.69) is 21.2 Å². The quantitative estimate of drug-likeness (QED) is 0.731. The van der Waals surface area contributed by atoms with Gasteiger partial charge in [-0.1, -0.05) is 48.6 Å². The van der Waals surface area contributed by atoms with Crippen molar-refractivity contribution in [1.82, 2.24) is 5.32 Å². The van der Waals surface area contributed by atoms with Gasteiger partial charge in [0.25, 0.3) is 0 Å². The second-order valence-corrected chi connectivity index (χ2v) is 5.74. The molecule has 0 aromatic heterocycles. The van der Waals surface area contributed by atoms with Crippen LogP contribution < -0.4 is 5.32 Å². The van der Waals surface area contributed by atoms with Gasteiger partial charge in [-0.3, -0.25) is 0 Å². The third-order valence-corrected chi connectivity index (χ3v) is 3.71. The van der Waals surface area contributed by atoms with Crippen molar-refractivity contribution in [1.29, 1.82) is 0 Å². The number of hydrogen-bond donors (Lipinski definition) is 2. The number of carbonyl (C=O) groups excluding carboxylic acids is 1. The summed E-state index contributed by atoms with van der Waals surface area (Å²) in [5.41, 5.74) is 1.93. The first-order valence-electron chi connectivity index (χ1n) is 7.25. The third-order valence-electron chi connectivity index (χ3n) is 3.08. The molecule has 0 fully saturated rings. The molecular formula is C18H18BrNO3. The maximum atomic E-state index is 11.5. The molecule has 2 aromatic rings. The van der Waals surface area contributed by atoms with Crippen LogP contribution in [0.1, 0.15) is 17.5 Å². The zero-order valence-corrected chi connectivity index (χ0v) is 14.1. The topological polar surface area (TPSA) is 58.6 Å². The molecule has 1 amide bonds. The van der Waals surface area contributed by atoms with E-state index >= 15 is 0 Å². The Bertz CT molecular complexity index is 671. The second kappa shape index (κ2) is 9.00. The first kappa shape index (κ1) is 17.1. The van der Waals surface area contributed by atoms with Crippen molar-refractivity contribution >= 4 is 28.1 Å². The van der Waals surface area contributed by atoms with E-state index < -0.39 is 6.09 Å². The Morgan fingerprint density at radius 2 is 2.00 bits per heavy atom. The molecule has 2 rings (SSSR count). The van der Waals surface area contributed by atoms with Crippen molar-refractivity contribution in [2.24, 2.45) is 0 Å². The summed E-state index contributed by atoms with van der Waals surface area (Å²) in [5.74, 6) is 0.213. The average molecular weight is 376 g/mol. The van der Waals surface area contributed by atoms with Gasteiger partial charge >= 0.3 is 6.09 Å². The normalized spacial score (nSPS) is 10.7. The number of hydrogen-bond acceptors (Lipinski definition) is 3. The zero-order chi connectivity index (χ0) is 16.5. The first-order chi connectivity index (χ1) is 11.1. The van der Waals surface area contributed by atoms with Crippen molar-refractivity contribution < 1.29 is 14.6 Å². The van der Waals surface area contributed by atoms with E-state index in [4.69, 9.17) is 4.74 Å². The van der Waals surface area contributed by atoms with Gasteiger partial charge in [-0.15, -0.1) is 0 Å². The van der Waals surface area contributed by atoms with Gasteiger partial charge in [-0.05, 0) is 45.6 Å². The molecule has 0 atom stereocenters.